The van der Waals surface area contributed by atoms with Gasteiger partial charge in [-0.2, -0.15) is 0 Å². The summed E-state index contributed by atoms with van der Waals surface area (Å²) in [6.45, 7) is 3.77. The highest BCUT2D eigenvalue weighted by Gasteiger charge is 2.07. The van der Waals surface area contributed by atoms with Crippen molar-refractivity contribution in [2.45, 2.75) is 26.2 Å². The summed E-state index contributed by atoms with van der Waals surface area (Å²) in [4.78, 5) is 11.2. The topological polar surface area (TPSA) is 66.4 Å². The normalized spacial score (nSPS) is 12.5. The fraction of sp³-hybridized carbons (Fsp3) is 0.417. The summed E-state index contributed by atoms with van der Waals surface area (Å²) in [5.41, 5.74) is 1.57. The van der Waals surface area contributed by atoms with Gasteiger partial charge in [-0.1, -0.05) is 49.2 Å². The van der Waals surface area contributed by atoms with Crippen LogP contribution in [-0.4, -0.2) is 14.7 Å². The third-order valence-corrected chi connectivity index (χ3v) is 2.73. The molecule has 0 aliphatic carbocycles. The first kappa shape index (κ1) is 13.9. The van der Waals surface area contributed by atoms with Crippen molar-refractivity contribution in [3.8, 4) is 0 Å². The molecule has 0 N–H and O–H groups in total. The predicted molar refractivity (Wildman–Crippen MR) is 63.7 cm³/mol. The zero-order valence-corrected chi connectivity index (χ0v) is 10.7. The van der Waals surface area contributed by atoms with E-state index >= 15 is 0 Å². The van der Waals surface area contributed by atoms with Crippen LogP contribution in [0, 0.1) is 5.92 Å². The third kappa shape index (κ3) is 5.10. The Hall–Kier alpha value is -1.20. The molecule has 0 spiro atoms. The van der Waals surface area contributed by atoms with Crippen LogP contribution < -0.4 is 0 Å². The van der Waals surface area contributed by atoms with E-state index in [2.05, 4.69) is 0 Å². The number of carbonyl (C=O) groups is 1. The Labute approximate surface area is 103 Å². The first-order chi connectivity index (χ1) is 7.99. The largest absolute Gasteiger partial charge is 0.772 e. The fourth-order valence-electron chi connectivity index (χ4n) is 1.19. The minimum Gasteiger partial charge on any atom is -0.772 e. The highest BCUT2D eigenvalue weighted by atomic mass is 32.2. The Morgan fingerprint density at radius 3 is 2.29 bits per heavy atom. The second-order valence-electron chi connectivity index (χ2n) is 4.03. The summed E-state index contributed by atoms with van der Waals surface area (Å²) in [6, 6.07) is 6.95. The standard InChI is InChI=1S/C12H16O4S/c1-9(2)12(13)16-7-10-3-5-11(6-4-10)8-17(14)15/h3-6,9H,7-8H2,1-2H3,(H,14,15)/p-1. The number of hydrogen-bond donors (Lipinski definition) is 0. The van der Waals surface area contributed by atoms with Gasteiger partial charge in [0.05, 0.1) is 5.92 Å². The molecular formula is C12H15O4S-. The Morgan fingerprint density at radius 2 is 1.82 bits per heavy atom. The van der Waals surface area contributed by atoms with Gasteiger partial charge in [0.15, 0.2) is 0 Å². The maximum Gasteiger partial charge on any atom is 0.308 e. The Balaban J connectivity index is 2.51. The number of ether oxygens (including phenoxy) is 1. The first-order valence-electron chi connectivity index (χ1n) is 5.29. The fourth-order valence-corrected chi connectivity index (χ4v) is 1.65. The van der Waals surface area contributed by atoms with E-state index in [-0.39, 0.29) is 24.2 Å². The Morgan fingerprint density at radius 1 is 1.29 bits per heavy atom. The van der Waals surface area contributed by atoms with Gasteiger partial charge in [0.25, 0.3) is 0 Å². The average Bonchev–Trinajstić information content (AvgIpc) is 2.26. The molecule has 0 heterocycles. The molecule has 0 aliphatic heterocycles. The van der Waals surface area contributed by atoms with Crippen molar-refractivity contribution in [2.75, 3.05) is 0 Å². The van der Waals surface area contributed by atoms with Gasteiger partial charge >= 0.3 is 5.97 Å². The average molecular weight is 255 g/mol. The smallest absolute Gasteiger partial charge is 0.308 e. The summed E-state index contributed by atoms with van der Waals surface area (Å²) in [7, 11) is 0. The lowest BCUT2D eigenvalue weighted by atomic mass is 10.1. The first-order valence-corrected chi connectivity index (χ1v) is 6.53. The molecule has 0 aromatic heterocycles. The van der Waals surface area contributed by atoms with Crippen molar-refractivity contribution in [1.29, 1.82) is 0 Å². The molecule has 0 saturated heterocycles. The van der Waals surface area contributed by atoms with Gasteiger partial charge in [-0.25, -0.2) is 0 Å². The number of esters is 1. The lowest BCUT2D eigenvalue weighted by Crippen LogP contribution is -2.11. The molecule has 0 bridgehead atoms. The van der Waals surface area contributed by atoms with Crippen LogP contribution in [0.1, 0.15) is 25.0 Å². The van der Waals surface area contributed by atoms with E-state index in [1.807, 2.05) is 0 Å². The molecule has 0 fully saturated rings. The highest BCUT2D eigenvalue weighted by Crippen LogP contribution is 2.08. The monoisotopic (exact) mass is 255 g/mol. The zero-order valence-electron chi connectivity index (χ0n) is 9.84. The molecular weight excluding hydrogens is 240 g/mol. The molecule has 0 saturated carbocycles. The molecule has 1 aromatic carbocycles. The number of carbonyl (C=O) groups excluding carboxylic acids is 1. The molecule has 94 valence electrons. The van der Waals surface area contributed by atoms with Crippen LogP contribution >= 0.6 is 0 Å². The van der Waals surface area contributed by atoms with Crippen LogP contribution in [0.25, 0.3) is 0 Å². The molecule has 1 unspecified atom stereocenters. The SMILES string of the molecule is CC(C)C(=O)OCc1ccc(CS(=O)[O-])cc1. The lowest BCUT2D eigenvalue weighted by molar-refractivity contribution is -0.148. The van der Waals surface area contributed by atoms with Crippen molar-refractivity contribution in [3.63, 3.8) is 0 Å². The minimum atomic E-state index is -2.08. The summed E-state index contributed by atoms with van der Waals surface area (Å²) in [6.07, 6.45) is 0. The lowest BCUT2D eigenvalue weighted by Gasteiger charge is -2.08. The van der Waals surface area contributed by atoms with Crippen LogP contribution in [0.4, 0.5) is 0 Å². The van der Waals surface area contributed by atoms with Crippen molar-refractivity contribution in [2.24, 2.45) is 5.92 Å². The van der Waals surface area contributed by atoms with Gasteiger partial charge < -0.3 is 9.29 Å². The molecule has 0 aliphatic rings. The van der Waals surface area contributed by atoms with E-state index in [0.29, 0.717) is 0 Å². The maximum absolute atomic E-state index is 11.2. The highest BCUT2D eigenvalue weighted by molar-refractivity contribution is 7.78. The zero-order chi connectivity index (χ0) is 12.8. The third-order valence-electron chi connectivity index (χ3n) is 2.16. The van der Waals surface area contributed by atoms with Gasteiger partial charge in [0.1, 0.15) is 6.61 Å². The second kappa shape index (κ2) is 6.51. The van der Waals surface area contributed by atoms with Crippen molar-refractivity contribution in [3.05, 3.63) is 35.4 Å². The van der Waals surface area contributed by atoms with Gasteiger partial charge in [-0.3, -0.25) is 9.00 Å². The quantitative estimate of drug-likeness (QED) is 0.594. The van der Waals surface area contributed by atoms with Crippen molar-refractivity contribution in [1.82, 2.24) is 0 Å². The molecule has 1 rings (SSSR count). The van der Waals surface area contributed by atoms with E-state index in [1.165, 1.54) is 0 Å². The molecule has 1 atom stereocenters. The van der Waals surface area contributed by atoms with Gasteiger partial charge in [-0.05, 0) is 11.1 Å². The molecule has 1 aromatic rings. The van der Waals surface area contributed by atoms with Crippen LogP contribution in [-0.2, 0) is 33.0 Å². The van der Waals surface area contributed by atoms with Crippen molar-refractivity contribution < 1.29 is 18.3 Å². The van der Waals surface area contributed by atoms with Gasteiger partial charge in [-0.15, -0.1) is 0 Å². The molecule has 0 amide bonds. The van der Waals surface area contributed by atoms with Crippen LogP contribution in [0.3, 0.4) is 0 Å². The molecule has 17 heavy (non-hydrogen) atoms. The van der Waals surface area contributed by atoms with Crippen LogP contribution in [0.5, 0.6) is 0 Å². The van der Waals surface area contributed by atoms with Gasteiger partial charge in [0.2, 0.25) is 0 Å². The number of benzene rings is 1. The van der Waals surface area contributed by atoms with E-state index in [1.54, 1.807) is 38.1 Å². The Bertz CT molecular complexity index is 397. The van der Waals surface area contributed by atoms with Crippen LogP contribution in [0.15, 0.2) is 24.3 Å². The van der Waals surface area contributed by atoms with E-state index in [0.717, 1.165) is 11.1 Å². The number of hydrogen-bond acceptors (Lipinski definition) is 4. The summed E-state index contributed by atoms with van der Waals surface area (Å²) in [5, 5.41) is 0. The van der Waals surface area contributed by atoms with E-state index < -0.39 is 11.1 Å². The molecule has 0 radical (unpaired) electrons. The Kier molecular flexibility index (Phi) is 5.31. The van der Waals surface area contributed by atoms with Crippen LogP contribution in [0.2, 0.25) is 0 Å². The number of rotatable bonds is 5. The van der Waals surface area contributed by atoms with E-state index in [4.69, 9.17) is 4.74 Å². The molecule has 4 nitrogen and oxygen atoms in total. The molecule has 5 heteroatoms. The summed E-state index contributed by atoms with van der Waals surface area (Å²) < 4.78 is 26.0. The van der Waals surface area contributed by atoms with Gasteiger partial charge in [0, 0.05) is 5.75 Å². The minimum absolute atomic E-state index is 0.00601. The summed E-state index contributed by atoms with van der Waals surface area (Å²) >= 11 is -2.08. The van der Waals surface area contributed by atoms with E-state index in [9.17, 15) is 13.6 Å². The second-order valence-corrected chi connectivity index (χ2v) is 4.92. The predicted octanol–water partition coefficient (Wildman–Crippen LogP) is 1.76. The van der Waals surface area contributed by atoms with Crippen molar-refractivity contribution >= 4 is 17.0 Å². The summed E-state index contributed by atoms with van der Waals surface area (Å²) in [5.74, 6) is -0.376. The maximum atomic E-state index is 11.2.